The standard InChI is InChI=1S/C41H61N/c1-10-14-18-24-41(9)25-22-34(23-26-41)35-28-36(29-39(32(7)19-11-2)33(8)27-31(5)6)38(12-3)40(30-35)42(13-4)37-20-16-15-17-21-37/h12,19,22-23,25,27-28,30,37H,3,10-11,13-18,20-21,24,26,29H2,1-2,4-9H3/b32-19+,39-33-. The summed E-state index contributed by atoms with van der Waals surface area (Å²) in [5, 5.41) is 0. The molecule has 0 N–H and O–H groups in total. The number of rotatable bonds is 14. The van der Waals surface area contributed by atoms with Gasteiger partial charge in [0.1, 0.15) is 0 Å². The van der Waals surface area contributed by atoms with Gasteiger partial charge in [-0.1, -0.05) is 120 Å². The Kier molecular flexibility index (Phi) is 13.2. The molecule has 0 spiro atoms. The third kappa shape index (κ3) is 8.98. The minimum absolute atomic E-state index is 0.280. The van der Waals surface area contributed by atoms with Gasteiger partial charge >= 0.3 is 0 Å². The molecule has 1 atom stereocenters. The number of unbranched alkanes of at least 4 members (excludes halogenated alkanes) is 2. The van der Waals surface area contributed by atoms with Crippen molar-refractivity contribution in [3.63, 3.8) is 0 Å². The zero-order valence-corrected chi connectivity index (χ0v) is 28.5. The van der Waals surface area contributed by atoms with E-state index in [2.05, 4.69) is 115 Å². The molecule has 0 saturated heterocycles. The van der Waals surface area contributed by atoms with Crippen LogP contribution in [0.4, 0.5) is 5.69 Å². The SMILES string of the molecule is C=Cc1c(CC(=C(\C)C=C(C)C)/C(C)=C/CC)cc(C2=CCC(C)(CCCCC)C=C2)cc1N(CC)C1CCCCC1. The second-order valence-corrected chi connectivity index (χ2v) is 13.5. The molecule has 1 aromatic carbocycles. The third-order valence-corrected chi connectivity index (χ3v) is 9.59. The van der Waals surface area contributed by atoms with Crippen molar-refractivity contribution in [1.29, 1.82) is 0 Å². The van der Waals surface area contributed by atoms with Crippen LogP contribution >= 0.6 is 0 Å². The van der Waals surface area contributed by atoms with E-state index in [9.17, 15) is 0 Å². The lowest BCUT2D eigenvalue weighted by atomic mass is 9.76. The van der Waals surface area contributed by atoms with E-state index in [1.165, 1.54) is 108 Å². The molecule has 0 heterocycles. The Hall–Kier alpha value is -2.54. The van der Waals surface area contributed by atoms with Crippen molar-refractivity contribution in [1.82, 2.24) is 0 Å². The minimum Gasteiger partial charge on any atom is -0.368 e. The predicted octanol–water partition coefficient (Wildman–Crippen LogP) is 12.6. The third-order valence-electron chi connectivity index (χ3n) is 9.59. The highest BCUT2D eigenvalue weighted by Gasteiger charge is 2.26. The van der Waals surface area contributed by atoms with E-state index in [4.69, 9.17) is 0 Å². The maximum Gasteiger partial charge on any atom is 0.0451 e. The lowest BCUT2D eigenvalue weighted by Gasteiger charge is -2.37. The normalized spacial score (nSPS) is 20.2. The second-order valence-electron chi connectivity index (χ2n) is 13.5. The van der Waals surface area contributed by atoms with Crippen molar-refractivity contribution in [2.24, 2.45) is 5.41 Å². The Labute approximate surface area is 260 Å². The van der Waals surface area contributed by atoms with Gasteiger partial charge in [0, 0.05) is 23.8 Å². The van der Waals surface area contributed by atoms with Gasteiger partial charge in [0.2, 0.25) is 0 Å². The topological polar surface area (TPSA) is 3.24 Å². The fourth-order valence-corrected chi connectivity index (χ4v) is 7.18. The molecule has 2 aliphatic rings. The molecule has 2 aliphatic carbocycles. The second kappa shape index (κ2) is 16.3. The van der Waals surface area contributed by atoms with E-state index in [1.54, 1.807) is 0 Å². The van der Waals surface area contributed by atoms with Crippen molar-refractivity contribution in [2.75, 3.05) is 11.4 Å². The number of allylic oxidation sites excluding steroid dienone is 10. The van der Waals surface area contributed by atoms with Crippen LogP contribution in [-0.2, 0) is 6.42 Å². The van der Waals surface area contributed by atoms with E-state index in [0.29, 0.717) is 6.04 Å². The molecule has 0 aliphatic heterocycles. The Morgan fingerprint density at radius 3 is 2.33 bits per heavy atom. The molecule has 1 nitrogen and oxygen atoms in total. The molecule has 1 fully saturated rings. The Balaban J connectivity index is 2.16. The lowest BCUT2D eigenvalue weighted by Crippen LogP contribution is -2.37. The summed E-state index contributed by atoms with van der Waals surface area (Å²) in [6.45, 7) is 23.8. The van der Waals surface area contributed by atoms with Gasteiger partial charge in [-0.3, -0.25) is 0 Å². The van der Waals surface area contributed by atoms with E-state index in [1.807, 2.05) is 0 Å². The fraction of sp³-hybridized carbons (Fsp3) is 0.561. The highest BCUT2D eigenvalue weighted by atomic mass is 15.2. The Morgan fingerprint density at radius 1 is 1.02 bits per heavy atom. The molecule has 1 heteroatoms. The van der Waals surface area contributed by atoms with Crippen molar-refractivity contribution in [3.05, 3.63) is 88.1 Å². The number of hydrogen-bond acceptors (Lipinski definition) is 1. The van der Waals surface area contributed by atoms with E-state index >= 15 is 0 Å². The van der Waals surface area contributed by atoms with Crippen molar-refractivity contribution < 1.29 is 0 Å². The molecule has 0 radical (unpaired) electrons. The van der Waals surface area contributed by atoms with Crippen molar-refractivity contribution >= 4 is 17.3 Å². The summed E-state index contributed by atoms with van der Waals surface area (Å²) in [4.78, 5) is 2.71. The van der Waals surface area contributed by atoms with Gasteiger partial charge in [-0.25, -0.2) is 0 Å². The molecule has 0 aromatic heterocycles. The average Bonchev–Trinajstić information content (AvgIpc) is 2.97. The van der Waals surface area contributed by atoms with Crippen LogP contribution in [-0.4, -0.2) is 12.6 Å². The van der Waals surface area contributed by atoms with Crippen molar-refractivity contribution in [3.8, 4) is 0 Å². The number of hydrogen-bond donors (Lipinski definition) is 0. The smallest absolute Gasteiger partial charge is 0.0451 e. The van der Waals surface area contributed by atoms with Crippen molar-refractivity contribution in [2.45, 2.75) is 138 Å². The van der Waals surface area contributed by atoms with Crippen LogP contribution in [0.1, 0.15) is 143 Å². The van der Waals surface area contributed by atoms with Gasteiger partial charge in [0.25, 0.3) is 0 Å². The molecule has 1 saturated carbocycles. The molecule has 1 aromatic rings. The van der Waals surface area contributed by atoms with Crippen LogP contribution in [0.15, 0.2) is 71.4 Å². The first-order chi connectivity index (χ1) is 20.2. The molecule has 3 rings (SSSR count). The number of nitrogens with zero attached hydrogens (tertiary/aromatic N) is 1. The summed E-state index contributed by atoms with van der Waals surface area (Å²) in [5.41, 5.74) is 12.7. The first-order valence-corrected chi connectivity index (χ1v) is 17.1. The first kappa shape index (κ1) is 34.0. The maximum absolute atomic E-state index is 4.39. The van der Waals surface area contributed by atoms with Crippen LogP contribution in [0.3, 0.4) is 0 Å². The minimum atomic E-state index is 0.280. The van der Waals surface area contributed by atoms with E-state index in [-0.39, 0.29) is 5.41 Å². The molecular formula is C41H61N. The molecule has 230 valence electrons. The van der Waals surface area contributed by atoms with Crippen LogP contribution in [0.25, 0.3) is 11.6 Å². The molecule has 1 unspecified atom stereocenters. The summed E-state index contributed by atoms with van der Waals surface area (Å²) in [6, 6.07) is 5.60. The van der Waals surface area contributed by atoms with E-state index in [0.717, 1.165) is 25.8 Å². The Morgan fingerprint density at radius 2 is 1.76 bits per heavy atom. The fourth-order valence-electron chi connectivity index (χ4n) is 7.18. The van der Waals surface area contributed by atoms with E-state index < -0.39 is 0 Å². The molecule has 0 amide bonds. The van der Waals surface area contributed by atoms with Crippen LogP contribution < -0.4 is 4.90 Å². The van der Waals surface area contributed by atoms with Gasteiger partial charge in [-0.05, 0) is 112 Å². The average molecular weight is 568 g/mol. The number of anilines is 1. The zero-order chi connectivity index (χ0) is 30.7. The maximum atomic E-state index is 4.39. The largest absolute Gasteiger partial charge is 0.368 e. The number of benzene rings is 1. The highest BCUT2D eigenvalue weighted by Crippen LogP contribution is 2.40. The van der Waals surface area contributed by atoms with Gasteiger partial charge in [-0.2, -0.15) is 0 Å². The quantitative estimate of drug-likeness (QED) is 0.160. The van der Waals surface area contributed by atoms with Crippen LogP contribution in [0.2, 0.25) is 0 Å². The summed E-state index contributed by atoms with van der Waals surface area (Å²) < 4.78 is 0. The van der Waals surface area contributed by atoms with Crippen LogP contribution in [0, 0.1) is 5.41 Å². The van der Waals surface area contributed by atoms with Crippen LogP contribution in [0.5, 0.6) is 0 Å². The summed E-state index contributed by atoms with van der Waals surface area (Å²) in [6.07, 6.45) is 29.3. The zero-order valence-electron chi connectivity index (χ0n) is 28.5. The van der Waals surface area contributed by atoms with Gasteiger partial charge < -0.3 is 4.90 Å². The van der Waals surface area contributed by atoms with Gasteiger partial charge in [-0.15, -0.1) is 0 Å². The summed E-state index contributed by atoms with van der Waals surface area (Å²) in [5.74, 6) is 0. The summed E-state index contributed by atoms with van der Waals surface area (Å²) >= 11 is 0. The monoisotopic (exact) mass is 567 g/mol. The lowest BCUT2D eigenvalue weighted by molar-refractivity contribution is 0.375. The first-order valence-electron chi connectivity index (χ1n) is 17.1. The Bertz CT molecular complexity index is 1210. The molecular weight excluding hydrogens is 506 g/mol. The van der Waals surface area contributed by atoms with Gasteiger partial charge in [0.05, 0.1) is 0 Å². The molecule has 0 bridgehead atoms. The molecule has 42 heavy (non-hydrogen) atoms. The van der Waals surface area contributed by atoms with Gasteiger partial charge in [0.15, 0.2) is 0 Å². The summed E-state index contributed by atoms with van der Waals surface area (Å²) in [7, 11) is 0. The highest BCUT2D eigenvalue weighted by molar-refractivity contribution is 5.82. The predicted molar refractivity (Wildman–Crippen MR) is 190 cm³/mol.